The first kappa shape index (κ1) is 11.9. The molecule has 0 aliphatic rings. The highest BCUT2D eigenvalue weighted by atomic mass is 32.1. The predicted molar refractivity (Wildman–Crippen MR) is 79.0 cm³/mol. The largest absolute Gasteiger partial charge is 0.478 e. The van der Waals surface area contributed by atoms with E-state index < -0.39 is 5.97 Å². The van der Waals surface area contributed by atoms with Crippen molar-refractivity contribution in [1.29, 1.82) is 0 Å². The molecule has 0 atom stereocenters. The molecule has 0 aliphatic heterocycles. The van der Waals surface area contributed by atoms with Crippen molar-refractivity contribution in [2.45, 2.75) is 6.92 Å². The van der Waals surface area contributed by atoms with Gasteiger partial charge in [-0.1, -0.05) is 35.9 Å². The van der Waals surface area contributed by atoms with Gasteiger partial charge >= 0.3 is 5.97 Å². The summed E-state index contributed by atoms with van der Waals surface area (Å²) in [6, 6.07) is 13.5. The fourth-order valence-corrected chi connectivity index (χ4v) is 3.20. The van der Waals surface area contributed by atoms with Gasteiger partial charge in [-0.15, -0.1) is 11.3 Å². The SMILES string of the molecule is Cc1ccc(C(=O)O)c(-c2cccc3ccsc23)c1. The highest BCUT2D eigenvalue weighted by Gasteiger charge is 2.14. The molecule has 0 fully saturated rings. The smallest absolute Gasteiger partial charge is 0.336 e. The number of hydrogen-bond donors (Lipinski definition) is 1. The Bertz CT molecular complexity index is 771. The molecule has 1 aromatic heterocycles. The van der Waals surface area contributed by atoms with Crippen molar-refractivity contribution in [2.24, 2.45) is 0 Å². The second-order valence-corrected chi connectivity index (χ2v) is 5.41. The number of benzene rings is 2. The summed E-state index contributed by atoms with van der Waals surface area (Å²) in [7, 11) is 0. The zero-order valence-corrected chi connectivity index (χ0v) is 11.2. The van der Waals surface area contributed by atoms with E-state index in [0.717, 1.165) is 26.8 Å². The normalized spacial score (nSPS) is 10.8. The average Bonchev–Trinajstić information content (AvgIpc) is 2.86. The summed E-state index contributed by atoms with van der Waals surface area (Å²) in [4.78, 5) is 11.4. The fraction of sp³-hybridized carbons (Fsp3) is 0.0625. The molecule has 94 valence electrons. The summed E-state index contributed by atoms with van der Waals surface area (Å²) in [5, 5.41) is 12.5. The summed E-state index contributed by atoms with van der Waals surface area (Å²) < 4.78 is 1.13. The van der Waals surface area contributed by atoms with Gasteiger partial charge in [-0.25, -0.2) is 4.79 Å². The maximum atomic E-state index is 11.4. The number of carboxylic acids is 1. The van der Waals surface area contributed by atoms with E-state index in [4.69, 9.17) is 0 Å². The highest BCUT2D eigenvalue weighted by molar-refractivity contribution is 7.17. The van der Waals surface area contributed by atoms with Crippen LogP contribution in [0, 0.1) is 6.92 Å². The monoisotopic (exact) mass is 268 g/mol. The van der Waals surface area contributed by atoms with Crippen LogP contribution < -0.4 is 0 Å². The van der Waals surface area contributed by atoms with Gasteiger partial charge in [0.25, 0.3) is 0 Å². The van der Waals surface area contributed by atoms with Gasteiger partial charge in [-0.3, -0.25) is 0 Å². The lowest BCUT2D eigenvalue weighted by Crippen LogP contribution is -1.99. The average molecular weight is 268 g/mol. The molecular formula is C16H12O2S. The van der Waals surface area contributed by atoms with Crippen molar-refractivity contribution < 1.29 is 9.90 Å². The standard InChI is InChI=1S/C16H12O2S/c1-10-5-6-13(16(17)18)14(9-10)12-4-2-3-11-7-8-19-15(11)12/h2-9H,1H3,(H,17,18). The number of rotatable bonds is 2. The topological polar surface area (TPSA) is 37.3 Å². The van der Waals surface area contributed by atoms with Crippen molar-refractivity contribution in [3.05, 3.63) is 59.0 Å². The number of thiophene rings is 1. The molecule has 0 unspecified atom stereocenters. The van der Waals surface area contributed by atoms with Crippen molar-refractivity contribution in [1.82, 2.24) is 0 Å². The van der Waals surface area contributed by atoms with Gasteiger partial charge < -0.3 is 5.11 Å². The Morgan fingerprint density at radius 2 is 1.95 bits per heavy atom. The lowest BCUT2D eigenvalue weighted by Gasteiger charge is -2.09. The van der Waals surface area contributed by atoms with Crippen molar-refractivity contribution >= 4 is 27.4 Å². The van der Waals surface area contributed by atoms with Crippen LogP contribution in [0.2, 0.25) is 0 Å². The van der Waals surface area contributed by atoms with Gasteiger partial charge in [0.05, 0.1) is 5.56 Å². The molecule has 0 spiro atoms. The van der Waals surface area contributed by atoms with Crippen LogP contribution in [-0.2, 0) is 0 Å². The molecule has 3 heteroatoms. The summed E-state index contributed by atoms with van der Waals surface area (Å²) in [6.07, 6.45) is 0. The Kier molecular flexibility index (Phi) is 2.84. The maximum Gasteiger partial charge on any atom is 0.336 e. The van der Waals surface area contributed by atoms with Gasteiger partial charge in [0.1, 0.15) is 0 Å². The summed E-state index contributed by atoms with van der Waals surface area (Å²) in [6.45, 7) is 1.98. The first-order valence-electron chi connectivity index (χ1n) is 5.97. The molecule has 3 aromatic rings. The van der Waals surface area contributed by atoms with E-state index in [2.05, 4.69) is 6.07 Å². The molecule has 0 aliphatic carbocycles. The summed E-state index contributed by atoms with van der Waals surface area (Å²) >= 11 is 1.64. The number of fused-ring (bicyclic) bond motifs is 1. The predicted octanol–water partition coefficient (Wildman–Crippen LogP) is 4.57. The molecule has 0 amide bonds. The molecule has 0 saturated carbocycles. The molecule has 19 heavy (non-hydrogen) atoms. The lowest BCUT2D eigenvalue weighted by atomic mass is 9.97. The van der Waals surface area contributed by atoms with Crippen molar-refractivity contribution in [2.75, 3.05) is 0 Å². The zero-order chi connectivity index (χ0) is 13.4. The van der Waals surface area contributed by atoms with Gasteiger partial charge in [-0.2, -0.15) is 0 Å². The van der Waals surface area contributed by atoms with Crippen LogP contribution in [0.15, 0.2) is 47.8 Å². The van der Waals surface area contributed by atoms with Crippen LogP contribution in [-0.4, -0.2) is 11.1 Å². The molecule has 1 N–H and O–H groups in total. The third kappa shape index (κ3) is 2.02. The maximum absolute atomic E-state index is 11.4. The summed E-state index contributed by atoms with van der Waals surface area (Å²) in [5.74, 6) is -0.886. The summed E-state index contributed by atoms with van der Waals surface area (Å²) in [5.41, 5.74) is 3.20. The van der Waals surface area contributed by atoms with Crippen LogP contribution in [0.5, 0.6) is 0 Å². The number of aromatic carboxylic acids is 1. The Morgan fingerprint density at radius 1 is 1.11 bits per heavy atom. The van der Waals surface area contributed by atoms with Crippen LogP contribution in [0.4, 0.5) is 0 Å². The van der Waals surface area contributed by atoms with Crippen molar-refractivity contribution in [3.8, 4) is 11.1 Å². The van der Waals surface area contributed by atoms with E-state index >= 15 is 0 Å². The molecule has 0 bridgehead atoms. The minimum atomic E-state index is -0.886. The number of carbonyl (C=O) groups is 1. The van der Waals surface area contributed by atoms with Gasteiger partial charge in [0.15, 0.2) is 0 Å². The number of aryl methyl sites for hydroxylation is 1. The third-order valence-corrected chi connectivity index (χ3v) is 4.14. The Labute approximate surface area is 114 Å². The van der Waals surface area contributed by atoms with E-state index in [9.17, 15) is 9.90 Å². The third-order valence-electron chi connectivity index (χ3n) is 3.17. The van der Waals surface area contributed by atoms with Crippen molar-refractivity contribution in [3.63, 3.8) is 0 Å². The van der Waals surface area contributed by atoms with E-state index in [1.807, 2.05) is 42.6 Å². The second-order valence-electron chi connectivity index (χ2n) is 4.50. The fourth-order valence-electron chi connectivity index (χ4n) is 2.27. The van der Waals surface area contributed by atoms with E-state index in [0.29, 0.717) is 5.56 Å². The molecule has 3 rings (SSSR count). The van der Waals surface area contributed by atoms with Crippen LogP contribution in [0.3, 0.4) is 0 Å². The minimum Gasteiger partial charge on any atom is -0.478 e. The van der Waals surface area contributed by atoms with Gasteiger partial charge in [-0.05, 0) is 35.4 Å². The quantitative estimate of drug-likeness (QED) is 0.739. The number of hydrogen-bond acceptors (Lipinski definition) is 2. The zero-order valence-electron chi connectivity index (χ0n) is 10.4. The van der Waals surface area contributed by atoms with Gasteiger partial charge in [0, 0.05) is 10.3 Å². The Balaban J connectivity index is 2.35. The molecule has 2 nitrogen and oxygen atoms in total. The molecule has 2 aromatic carbocycles. The first-order valence-corrected chi connectivity index (χ1v) is 6.85. The lowest BCUT2D eigenvalue weighted by molar-refractivity contribution is 0.0698. The minimum absolute atomic E-state index is 0.353. The van der Waals surface area contributed by atoms with E-state index in [1.54, 1.807) is 17.4 Å². The van der Waals surface area contributed by atoms with Gasteiger partial charge in [0.2, 0.25) is 0 Å². The molecule has 0 saturated heterocycles. The van der Waals surface area contributed by atoms with E-state index in [1.165, 1.54) is 0 Å². The highest BCUT2D eigenvalue weighted by Crippen LogP contribution is 2.34. The molecule has 0 radical (unpaired) electrons. The van der Waals surface area contributed by atoms with E-state index in [-0.39, 0.29) is 0 Å². The molecule has 1 heterocycles. The second kappa shape index (κ2) is 4.52. The first-order chi connectivity index (χ1) is 9.16. The van der Waals surface area contributed by atoms with Crippen LogP contribution in [0.25, 0.3) is 21.2 Å². The number of carboxylic acid groups (broad SMARTS) is 1. The molecular weight excluding hydrogens is 256 g/mol. The van der Waals surface area contributed by atoms with Crippen LogP contribution >= 0.6 is 11.3 Å². The van der Waals surface area contributed by atoms with Crippen LogP contribution in [0.1, 0.15) is 15.9 Å². The Morgan fingerprint density at radius 3 is 2.74 bits per heavy atom. The Hall–Kier alpha value is -2.13.